The molecule has 0 bridgehead atoms. The number of methoxy groups -OCH3 is 2. The van der Waals surface area contributed by atoms with Crippen molar-refractivity contribution in [3.05, 3.63) is 100 Å². The van der Waals surface area contributed by atoms with Crippen molar-refractivity contribution >= 4 is 18.0 Å². The summed E-state index contributed by atoms with van der Waals surface area (Å²) in [5.74, 6) is 0.0494. The molecule has 2 aromatic carbocycles. The van der Waals surface area contributed by atoms with Gasteiger partial charge in [-0.25, -0.2) is 4.79 Å². The zero-order valence-electron chi connectivity index (χ0n) is 21.0. The number of rotatable bonds is 6. The summed E-state index contributed by atoms with van der Waals surface area (Å²) in [6, 6.07) is 19.4. The Hall–Kier alpha value is -4.06. The molecule has 4 rings (SSSR count). The lowest BCUT2D eigenvalue weighted by Crippen LogP contribution is -2.28. The van der Waals surface area contributed by atoms with E-state index in [2.05, 4.69) is 4.57 Å². The van der Waals surface area contributed by atoms with Gasteiger partial charge in [-0.05, 0) is 75.2 Å². The highest BCUT2D eigenvalue weighted by atomic mass is 16.5. The number of ether oxygens (including phenoxy) is 2. The van der Waals surface area contributed by atoms with E-state index in [1.165, 1.54) is 7.11 Å². The molecule has 0 fully saturated rings. The van der Waals surface area contributed by atoms with Gasteiger partial charge in [-0.15, -0.1) is 0 Å². The number of hydrogen-bond acceptors (Lipinski definition) is 4. The standard InChI is InChI=1S/C29H30N2O4/c1-18-16-23(20(3)30(18)24-12-14-25(34-5)15-13-24)17-26-27(29(33)35-6)21(4)31(28(26)32)19(2)22-10-8-7-9-11-22/h7-17,19H,1-6H3/b26-17-/t19-/m1/s1. The molecule has 180 valence electrons. The molecule has 1 aliphatic rings. The van der Waals surface area contributed by atoms with Crippen LogP contribution in [0.3, 0.4) is 0 Å². The van der Waals surface area contributed by atoms with Crippen molar-refractivity contribution in [1.29, 1.82) is 0 Å². The minimum absolute atomic E-state index is 0.214. The molecule has 0 radical (unpaired) electrons. The van der Waals surface area contributed by atoms with Crippen LogP contribution in [0.15, 0.2) is 77.5 Å². The Morgan fingerprint density at radius 1 is 0.971 bits per heavy atom. The summed E-state index contributed by atoms with van der Waals surface area (Å²) in [6.07, 6.45) is 1.80. The van der Waals surface area contributed by atoms with Crippen LogP contribution in [0.4, 0.5) is 0 Å². The van der Waals surface area contributed by atoms with Crippen LogP contribution in [0.5, 0.6) is 5.75 Å². The van der Waals surface area contributed by atoms with Crippen molar-refractivity contribution < 1.29 is 19.1 Å². The van der Waals surface area contributed by atoms with Crippen LogP contribution < -0.4 is 4.74 Å². The topological polar surface area (TPSA) is 60.8 Å². The van der Waals surface area contributed by atoms with Crippen LogP contribution in [0.25, 0.3) is 11.8 Å². The number of carbonyl (C=O) groups excluding carboxylic acids is 2. The van der Waals surface area contributed by atoms with Gasteiger partial charge in [0.25, 0.3) is 5.91 Å². The summed E-state index contributed by atoms with van der Waals surface area (Å²) in [6.45, 7) is 7.78. The van der Waals surface area contributed by atoms with Crippen molar-refractivity contribution in [2.45, 2.75) is 33.7 Å². The van der Waals surface area contributed by atoms with Crippen molar-refractivity contribution in [2.24, 2.45) is 0 Å². The Kier molecular flexibility index (Phi) is 6.65. The van der Waals surface area contributed by atoms with Gasteiger partial charge >= 0.3 is 5.97 Å². The number of aromatic nitrogens is 1. The summed E-state index contributed by atoms with van der Waals surface area (Å²) in [5, 5.41) is 0. The van der Waals surface area contributed by atoms with E-state index in [1.807, 2.05) is 81.4 Å². The first-order chi connectivity index (χ1) is 16.8. The minimum atomic E-state index is -0.520. The number of carbonyl (C=O) groups is 2. The Morgan fingerprint density at radius 2 is 1.63 bits per heavy atom. The molecule has 6 nitrogen and oxygen atoms in total. The van der Waals surface area contributed by atoms with Crippen LogP contribution in [-0.4, -0.2) is 35.6 Å². The van der Waals surface area contributed by atoms with Gasteiger partial charge in [-0.1, -0.05) is 30.3 Å². The number of nitrogens with zero attached hydrogens (tertiary/aromatic N) is 2. The first kappa shape index (κ1) is 24.1. The third-order valence-corrected chi connectivity index (χ3v) is 6.60. The molecule has 3 aromatic rings. The third-order valence-electron chi connectivity index (χ3n) is 6.60. The van der Waals surface area contributed by atoms with E-state index >= 15 is 0 Å². The monoisotopic (exact) mass is 470 g/mol. The van der Waals surface area contributed by atoms with E-state index in [4.69, 9.17) is 9.47 Å². The predicted octanol–water partition coefficient (Wildman–Crippen LogP) is 5.54. The van der Waals surface area contributed by atoms with Crippen molar-refractivity contribution in [3.8, 4) is 11.4 Å². The van der Waals surface area contributed by atoms with Crippen LogP contribution in [0.2, 0.25) is 0 Å². The zero-order valence-corrected chi connectivity index (χ0v) is 21.0. The molecule has 0 saturated heterocycles. The molecular formula is C29H30N2O4. The smallest absolute Gasteiger partial charge is 0.340 e. The van der Waals surface area contributed by atoms with Crippen LogP contribution in [-0.2, 0) is 14.3 Å². The largest absolute Gasteiger partial charge is 0.497 e. The maximum absolute atomic E-state index is 13.7. The number of allylic oxidation sites excluding steroid dienone is 1. The van der Waals surface area contributed by atoms with Crippen molar-refractivity contribution in [3.63, 3.8) is 0 Å². The molecule has 1 aromatic heterocycles. The number of benzene rings is 2. The lowest BCUT2D eigenvalue weighted by Gasteiger charge is -2.26. The molecule has 6 heteroatoms. The molecular weight excluding hydrogens is 440 g/mol. The Morgan fingerprint density at radius 3 is 2.23 bits per heavy atom. The second-order valence-electron chi connectivity index (χ2n) is 8.63. The number of esters is 1. The number of amides is 1. The quantitative estimate of drug-likeness (QED) is 0.351. The maximum Gasteiger partial charge on any atom is 0.340 e. The van der Waals surface area contributed by atoms with Crippen LogP contribution >= 0.6 is 0 Å². The summed E-state index contributed by atoms with van der Waals surface area (Å²) >= 11 is 0. The molecule has 0 unspecified atom stereocenters. The summed E-state index contributed by atoms with van der Waals surface area (Å²) in [7, 11) is 2.98. The molecule has 1 aliphatic heterocycles. The first-order valence-electron chi connectivity index (χ1n) is 11.5. The van der Waals surface area contributed by atoms with Gasteiger partial charge in [-0.3, -0.25) is 4.79 Å². The second-order valence-corrected chi connectivity index (χ2v) is 8.63. The van der Waals surface area contributed by atoms with Gasteiger partial charge in [0.2, 0.25) is 0 Å². The fourth-order valence-electron chi connectivity index (χ4n) is 4.76. The lowest BCUT2D eigenvalue weighted by molar-refractivity contribution is -0.136. The SMILES string of the molecule is COC(=O)C1=C(C)N([C@H](C)c2ccccc2)C(=O)/C1=C\c1cc(C)n(-c2ccc(OC)cc2)c1C. The van der Waals surface area contributed by atoms with E-state index in [9.17, 15) is 9.59 Å². The first-order valence-corrected chi connectivity index (χ1v) is 11.5. The average molecular weight is 471 g/mol. The molecule has 0 N–H and O–H groups in total. The van der Waals surface area contributed by atoms with Crippen LogP contribution in [0.1, 0.15) is 42.4 Å². The minimum Gasteiger partial charge on any atom is -0.497 e. The third kappa shape index (κ3) is 4.28. The molecule has 2 heterocycles. The zero-order chi connectivity index (χ0) is 25.3. The van der Waals surface area contributed by atoms with Gasteiger partial charge in [0.1, 0.15) is 5.75 Å². The van der Waals surface area contributed by atoms with E-state index in [0.717, 1.165) is 34.0 Å². The Bertz CT molecular complexity index is 1330. The number of hydrogen-bond donors (Lipinski definition) is 0. The highest BCUT2D eigenvalue weighted by molar-refractivity contribution is 6.16. The molecule has 35 heavy (non-hydrogen) atoms. The predicted molar refractivity (Wildman–Crippen MR) is 136 cm³/mol. The summed E-state index contributed by atoms with van der Waals surface area (Å²) in [5.41, 5.74) is 6.05. The molecule has 1 amide bonds. The van der Waals surface area contributed by atoms with Crippen molar-refractivity contribution in [2.75, 3.05) is 14.2 Å². The second kappa shape index (κ2) is 9.66. The van der Waals surface area contributed by atoms with Crippen LogP contribution in [0, 0.1) is 13.8 Å². The maximum atomic E-state index is 13.7. The van der Waals surface area contributed by atoms with Gasteiger partial charge < -0.3 is 18.9 Å². The molecule has 0 spiro atoms. The normalized spacial score (nSPS) is 15.7. The van der Waals surface area contributed by atoms with Gasteiger partial charge in [0.15, 0.2) is 0 Å². The Balaban J connectivity index is 1.79. The van der Waals surface area contributed by atoms with Gasteiger partial charge in [-0.2, -0.15) is 0 Å². The van der Waals surface area contributed by atoms with Gasteiger partial charge in [0, 0.05) is 22.8 Å². The summed E-state index contributed by atoms with van der Waals surface area (Å²) in [4.78, 5) is 28.2. The fourth-order valence-corrected chi connectivity index (χ4v) is 4.76. The average Bonchev–Trinajstić information content (AvgIpc) is 3.29. The molecule has 1 atom stereocenters. The summed E-state index contributed by atoms with van der Waals surface area (Å²) < 4.78 is 12.5. The van der Waals surface area contributed by atoms with E-state index < -0.39 is 5.97 Å². The highest BCUT2D eigenvalue weighted by Crippen LogP contribution is 2.38. The van der Waals surface area contributed by atoms with E-state index in [0.29, 0.717) is 16.8 Å². The molecule has 0 aliphatic carbocycles. The lowest BCUT2D eigenvalue weighted by atomic mass is 10.0. The molecule has 0 saturated carbocycles. The fraction of sp³-hybridized carbons (Fsp3) is 0.241. The highest BCUT2D eigenvalue weighted by Gasteiger charge is 2.39. The van der Waals surface area contributed by atoms with Gasteiger partial charge in [0.05, 0.1) is 31.4 Å². The van der Waals surface area contributed by atoms with E-state index in [1.54, 1.807) is 25.0 Å². The van der Waals surface area contributed by atoms with Crippen molar-refractivity contribution in [1.82, 2.24) is 9.47 Å². The van der Waals surface area contributed by atoms with E-state index in [-0.39, 0.29) is 11.9 Å². The Labute approximate surface area is 206 Å². The number of aryl methyl sites for hydroxylation is 1.